The molecule has 0 spiro atoms. The molecule has 2 fully saturated rings. The molecule has 0 saturated carbocycles. The van der Waals surface area contributed by atoms with E-state index in [0.29, 0.717) is 34.6 Å². The maximum Gasteiger partial charge on any atom is 0.228 e. The predicted octanol–water partition coefficient (Wildman–Crippen LogP) is 3.49. The number of hydrogen-bond donors (Lipinski definition) is 1. The van der Waals surface area contributed by atoms with Gasteiger partial charge in [0.25, 0.3) is 0 Å². The average molecular weight is 445 g/mol. The van der Waals surface area contributed by atoms with Crippen molar-refractivity contribution >= 4 is 29.1 Å². The standard InChI is InChI=1S/C22H22Cl2N4O2/c1-13(30-21-5-2-14(7-25)8-27-21)17-11-28(22(29)16-9-26-10-16)12-18(17)15-3-4-19(23)20(24)6-15/h2-6,8,13,16-18,26H,9-12H2,1H3/t13-,17+,18+/m0/s1. The van der Waals surface area contributed by atoms with E-state index in [1.54, 1.807) is 18.2 Å². The van der Waals surface area contributed by atoms with Crippen LogP contribution in [0.1, 0.15) is 24.0 Å². The number of nitrogens with zero attached hydrogens (tertiary/aromatic N) is 3. The largest absolute Gasteiger partial charge is 0.474 e. The Balaban J connectivity index is 1.56. The van der Waals surface area contributed by atoms with Crippen LogP contribution in [0, 0.1) is 23.2 Å². The van der Waals surface area contributed by atoms with Crippen molar-refractivity contribution in [3.63, 3.8) is 0 Å². The van der Waals surface area contributed by atoms with E-state index in [1.807, 2.05) is 24.0 Å². The lowest BCUT2D eigenvalue weighted by Crippen LogP contribution is -2.51. The Kier molecular flexibility index (Phi) is 6.14. The van der Waals surface area contributed by atoms with Crippen LogP contribution in [-0.2, 0) is 4.79 Å². The number of amides is 1. The number of nitriles is 1. The molecule has 3 atom stereocenters. The van der Waals surface area contributed by atoms with Crippen molar-refractivity contribution in [1.29, 1.82) is 5.26 Å². The van der Waals surface area contributed by atoms with E-state index in [9.17, 15) is 4.79 Å². The fraction of sp³-hybridized carbons (Fsp3) is 0.409. The Morgan fingerprint density at radius 3 is 2.67 bits per heavy atom. The monoisotopic (exact) mass is 444 g/mol. The van der Waals surface area contributed by atoms with Crippen molar-refractivity contribution in [2.24, 2.45) is 11.8 Å². The quantitative estimate of drug-likeness (QED) is 0.763. The molecular weight excluding hydrogens is 423 g/mol. The molecule has 1 N–H and O–H groups in total. The van der Waals surface area contributed by atoms with Gasteiger partial charge in [-0.2, -0.15) is 5.26 Å². The molecule has 1 amide bonds. The summed E-state index contributed by atoms with van der Waals surface area (Å²) in [5, 5.41) is 13.1. The van der Waals surface area contributed by atoms with Gasteiger partial charge in [-0.15, -0.1) is 0 Å². The zero-order chi connectivity index (χ0) is 21.3. The van der Waals surface area contributed by atoms with Crippen LogP contribution in [-0.4, -0.2) is 48.1 Å². The normalized spacial score (nSPS) is 22.3. The number of likely N-dealkylation sites (tertiary alicyclic amines) is 1. The van der Waals surface area contributed by atoms with Crippen LogP contribution in [0.2, 0.25) is 10.0 Å². The SMILES string of the molecule is C[C@H](Oc1ccc(C#N)cn1)[C@H]1CN(C(=O)C2CNC2)C[C@@H]1c1ccc(Cl)c(Cl)c1. The van der Waals surface area contributed by atoms with E-state index in [0.717, 1.165) is 18.7 Å². The average Bonchev–Trinajstić information content (AvgIpc) is 3.15. The molecule has 156 valence electrons. The van der Waals surface area contributed by atoms with E-state index in [1.165, 1.54) is 6.20 Å². The van der Waals surface area contributed by atoms with Crippen molar-refractivity contribution in [3.8, 4) is 11.9 Å². The van der Waals surface area contributed by atoms with Crippen molar-refractivity contribution in [2.45, 2.75) is 18.9 Å². The zero-order valence-corrected chi connectivity index (χ0v) is 18.0. The highest BCUT2D eigenvalue weighted by Gasteiger charge is 2.42. The second-order valence-corrected chi connectivity index (χ2v) is 8.68. The minimum Gasteiger partial charge on any atom is -0.474 e. The summed E-state index contributed by atoms with van der Waals surface area (Å²) in [6, 6.07) is 11.1. The molecule has 2 aromatic rings. The summed E-state index contributed by atoms with van der Waals surface area (Å²) in [4.78, 5) is 19.0. The lowest BCUT2D eigenvalue weighted by molar-refractivity contribution is -0.136. The molecule has 0 bridgehead atoms. The van der Waals surface area contributed by atoms with E-state index >= 15 is 0 Å². The van der Waals surface area contributed by atoms with Crippen molar-refractivity contribution in [3.05, 3.63) is 57.7 Å². The van der Waals surface area contributed by atoms with Gasteiger partial charge >= 0.3 is 0 Å². The molecule has 1 aromatic heterocycles. The first-order valence-corrected chi connectivity index (χ1v) is 10.7. The van der Waals surface area contributed by atoms with Gasteiger partial charge in [0, 0.05) is 50.3 Å². The van der Waals surface area contributed by atoms with Gasteiger partial charge in [-0.1, -0.05) is 29.3 Å². The molecule has 30 heavy (non-hydrogen) atoms. The van der Waals surface area contributed by atoms with Gasteiger partial charge < -0.3 is 15.0 Å². The smallest absolute Gasteiger partial charge is 0.228 e. The van der Waals surface area contributed by atoms with Gasteiger partial charge in [-0.3, -0.25) is 4.79 Å². The predicted molar refractivity (Wildman–Crippen MR) is 115 cm³/mol. The number of halogens is 2. The van der Waals surface area contributed by atoms with Crippen molar-refractivity contribution < 1.29 is 9.53 Å². The topological polar surface area (TPSA) is 78.2 Å². The maximum atomic E-state index is 12.9. The third kappa shape index (κ3) is 4.24. The molecule has 0 aliphatic carbocycles. The fourth-order valence-corrected chi connectivity index (χ4v) is 4.40. The summed E-state index contributed by atoms with van der Waals surface area (Å²) in [7, 11) is 0. The number of benzene rings is 1. The molecule has 2 saturated heterocycles. The number of carbonyl (C=O) groups excluding carboxylic acids is 1. The first-order valence-electron chi connectivity index (χ1n) is 9.93. The molecule has 8 heteroatoms. The Labute approximate surface area is 185 Å². The summed E-state index contributed by atoms with van der Waals surface area (Å²) in [5.74, 6) is 0.837. The fourth-order valence-electron chi connectivity index (χ4n) is 4.10. The summed E-state index contributed by atoms with van der Waals surface area (Å²) in [6.07, 6.45) is 1.30. The summed E-state index contributed by atoms with van der Waals surface area (Å²) >= 11 is 12.4. The number of ether oxygens (including phenoxy) is 1. The van der Waals surface area contributed by atoms with Crippen LogP contribution >= 0.6 is 23.2 Å². The van der Waals surface area contributed by atoms with E-state index in [2.05, 4.69) is 16.4 Å². The Bertz CT molecular complexity index is 972. The highest BCUT2D eigenvalue weighted by Crippen LogP contribution is 2.38. The summed E-state index contributed by atoms with van der Waals surface area (Å²) < 4.78 is 6.10. The van der Waals surface area contributed by atoms with Crippen molar-refractivity contribution in [1.82, 2.24) is 15.2 Å². The van der Waals surface area contributed by atoms with E-state index in [4.69, 9.17) is 33.2 Å². The molecule has 0 radical (unpaired) electrons. The molecule has 6 nitrogen and oxygen atoms in total. The van der Waals surface area contributed by atoms with Gasteiger partial charge in [0.1, 0.15) is 12.2 Å². The molecule has 2 aliphatic rings. The summed E-state index contributed by atoms with van der Waals surface area (Å²) in [5.41, 5.74) is 1.52. The maximum absolute atomic E-state index is 12.9. The van der Waals surface area contributed by atoms with Crippen LogP contribution in [0.3, 0.4) is 0 Å². The van der Waals surface area contributed by atoms with Gasteiger partial charge in [-0.25, -0.2) is 4.98 Å². The number of hydrogen-bond acceptors (Lipinski definition) is 5. The second-order valence-electron chi connectivity index (χ2n) is 7.86. The van der Waals surface area contributed by atoms with Crippen LogP contribution in [0.25, 0.3) is 0 Å². The zero-order valence-electron chi connectivity index (χ0n) is 16.5. The molecule has 0 unspecified atom stereocenters. The van der Waals surface area contributed by atoms with Gasteiger partial charge in [0.2, 0.25) is 11.8 Å². The number of carbonyl (C=O) groups is 1. The minimum atomic E-state index is -0.192. The molecule has 3 heterocycles. The first kappa shape index (κ1) is 20.9. The Morgan fingerprint density at radius 2 is 2.07 bits per heavy atom. The third-order valence-electron chi connectivity index (χ3n) is 5.95. The van der Waals surface area contributed by atoms with Crippen LogP contribution in [0.4, 0.5) is 0 Å². The molecule has 4 rings (SSSR count). The third-order valence-corrected chi connectivity index (χ3v) is 6.69. The lowest BCUT2D eigenvalue weighted by Gasteiger charge is -2.30. The van der Waals surface area contributed by atoms with Gasteiger partial charge in [0.05, 0.1) is 21.5 Å². The first-order chi connectivity index (χ1) is 14.5. The second kappa shape index (κ2) is 8.81. The van der Waals surface area contributed by atoms with Crippen molar-refractivity contribution in [2.75, 3.05) is 26.2 Å². The van der Waals surface area contributed by atoms with Crippen LogP contribution in [0.15, 0.2) is 36.5 Å². The van der Waals surface area contributed by atoms with E-state index < -0.39 is 0 Å². The molecule has 2 aliphatic heterocycles. The molecule has 1 aromatic carbocycles. The van der Waals surface area contributed by atoms with Gasteiger partial charge in [0.15, 0.2) is 0 Å². The Morgan fingerprint density at radius 1 is 1.27 bits per heavy atom. The van der Waals surface area contributed by atoms with Crippen LogP contribution in [0.5, 0.6) is 5.88 Å². The molecular formula is C22H22Cl2N4O2. The number of pyridine rings is 1. The highest BCUT2D eigenvalue weighted by molar-refractivity contribution is 6.42. The number of nitrogens with one attached hydrogen (secondary N) is 1. The lowest BCUT2D eigenvalue weighted by atomic mass is 9.86. The highest BCUT2D eigenvalue weighted by atomic mass is 35.5. The number of rotatable bonds is 5. The Hall–Kier alpha value is -2.33. The number of aromatic nitrogens is 1. The van der Waals surface area contributed by atoms with Crippen LogP contribution < -0.4 is 10.1 Å². The van der Waals surface area contributed by atoms with Gasteiger partial charge in [-0.05, 0) is 30.7 Å². The summed E-state index contributed by atoms with van der Waals surface area (Å²) in [6.45, 7) is 4.69. The minimum absolute atomic E-state index is 0.0506. The van der Waals surface area contributed by atoms with E-state index in [-0.39, 0.29) is 29.8 Å².